The van der Waals surface area contributed by atoms with E-state index in [0.717, 1.165) is 18.7 Å². The van der Waals surface area contributed by atoms with Crippen LogP contribution in [0.5, 0.6) is 17.2 Å². The van der Waals surface area contributed by atoms with Crippen molar-refractivity contribution in [1.82, 2.24) is 14.4 Å². The number of ether oxygens (including phenoxy) is 3. The van der Waals surface area contributed by atoms with Gasteiger partial charge in [0.15, 0.2) is 11.5 Å². The molecule has 2 amide bonds. The minimum atomic E-state index is -0.265. The molecule has 0 saturated heterocycles. The zero-order valence-corrected chi connectivity index (χ0v) is 25.8. The van der Waals surface area contributed by atoms with Gasteiger partial charge in [-0.15, -0.1) is 0 Å². The van der Waals surface area contributed by atoms with E-state index in [1.54, 1.807) is 17.0 Å². The number of carbonyl (C=O) groups excluding carboxylic acids is 2. The monoisotopic (exact) mass is 563 g/mol. The highest BCUT2D eigenvalue weighted by atomic mass is 16.5. The zero-order valence-electron chi connectivity index (χ0n) is 25.8. The first-order valence-corrected chi connectivity index (χ1v) is 14.2. The summed E-state index contributed by atoms with van der Waals surface area (Å²) in [6.45, 7) is 11.9. The van der Waals surface area contributed by atoms with E-state index in [9.17, 15) is 9.59 Å². The SMILES string of the molecule is CCC(C)N(Cc1cccn1Cc1ccccc1C)C(=O)CN(CC(C)C)C(=O)c1cc(OC)c(OC)c(OC)c1. The maximum Gasteiger partial charge on any atom is 0.254 e. The van der Waals surface area contributed by atoms with Crippen molar-refractivity contribution >= 4 is 11.8 Å². The molecule has 8 heteroatoms. The van der Waals surface area contributed by atoms with Crippen LogP contribution in [0, 0.1) is 12.8 Å². The molecular formula is C33H45N3O5. The highest BCUT2D eigenvalue weighted by Gasteiger charge is 2.27. The van der Waals surface area contributed by atoms with Crippen LogP contribution in [-0.2, 0) is 17.9 Å². The van der Waals surface area contributed by atoms with Crippen molar-refractivity contribution < 1.29 is 23.8 Å². The number of carbonyl (C=O) groups is 2. The summed E-state index contributed by atoms with van der Waals surface area (Å²) in [5.74, 6) is 0.998. The molecule has 0 radical (unpaired) electrons. The van der Waals surface area contributed by atoms with Crippen molar-refractivity contribution in [2.75, 3.05) is 34.4 Å². The number of methoxy groups -OCH3 is 3. The van der Waals surface area contributed by atoms with Crippen LogP contribution in [0.1, 0.15) is 61.3 Å². The molecule has 0 N–H and O–H groups in total. The second-order valence-corrected chi connectivity index (χ2v) is 10.8. The predicted octanol–water partition coefficient (Wildman–Crippen LogP) is 5.80. The molecule has 1 heterocycles. The van der Waals surface area contributed by atoms with Crippen molar-refractivity contribution in [1.29, 1.82) is 0 Å². The number of rotatable bonds is 14. The lowest BCUT2D eigenvalue weighted by atomic mass is 10.1. The number of aryl methyl sites for hydroxylation is 1. The number of aromatic nitrogens is 1. The standard InChI is InChI=1S/C33H45N3O5/c1-9-25(5)36(21-28-15-12-16-34(28)20-26-14-11-10-13-24(26)4)31(37)22-35(19-23(2)3)33(38)27-17-29(39-6)32(41-8)30(18-27)40-7/h10-18,23,25H,9,19-22H2,1-8H3. The molecule has 41 heavy (non-hydrogen) atoms. The van der Waals surface area contributed by atoms with E-state index < -0.39 is 0 Å². The molecule has 0 spiro atoms. The quantitative estimate of drug-likeness (QED) is 0.248. The van der Waals surface area contributed by atoms with Crippen molar-refractivity contribution in [3.05, 3.63) is 77.1 Å². The highest BCUT2D eigenvalue weighted by Crippen LogP contribution is 2.38. The molecule has 0 fully saturated rings. The molecule has 3 aromatic rings. The van der Waals surface area contributed by atoms with Gasteiger partial charge in [-0.05, 0) is 61.6 Å². The van der Waals surface area contributed by atoms with E-state index in [-0.39, 0.29) is 30.3 Å². The Labute approximate surface area is 244 Å². The van der Waals surface area contributed by atoms with Gasteiger partial charge in [0.2, 0.25) is 11.7 Å². The van der Waals surface area contributed by atoms with Crippen LogP contribution < -0.4 is 14.2 Å². The third-order valence-corrected chi connectivity index (χ3v) is 7.41. The fraction of sp³-hybridized carbons (Fsp3) is 0.455. The molecule has 1 atom stereocenters. The van der Waals surface area contributed by atoms with Crippen LogP contribution >= 0.6 is 0 Å². The smallest absolute Gasteiger partial charge is 0.254 e. The van der Waals surface area contributed by atoms with Gasteiger partial charge in [-0.1, -0.05) is 45.0 Å². The van der Waals surface area contributed by atoms with Crippen LogP contribution in [-0.4, -0.2) is 66.6 Å². The second-order valence-electron chi connectivity index (χ2n) is 10.8. The Hall–Kier alpha value is -3.94. The number of nitrogens with zero attached hydrogens (tertiary/aromatic N) is 3. The number of hydrogen-bond acceptors (Lipinski definition) is 5. The van der Waals surface area contributed by atoms with E-state index in [1.807, 2.05) is 30.9 Å². The normalized spacial score (nSPS) is 11.7. The van der Waals surface area contributed by atoms with E-state index >= 15 is 0 Å². The fourth-order valence-corrected chi connectivity index (χ4v) is 4.90. The average Bonchev–Trinajstić information content (AvgIpc) is 3.41. The van der Waals surface area contributed by atoms with Gasteiger partial charge in [0, 0.05) is 36.6 Å². The molecule has 0 bridgehead atoms. The van der Waals surface area contributed by atoms with E-state index in [2.05, 4.69) is 55.8 Å². The van der Waals surface area contributed by atoms with E-state index in [1.165, 1.54) is 32.5 Å². The summed E-state index contributed by atoms with van der Waals surface area (Å²) in [7, 11) is 4.55. The minimum Gasteiger partial charge on any atom is -0.493 e. The van der Waals surface area contributed by atoms with Gasteiger partial charge in [0.25, 0.3) is 5.91 Å². The second kappa shape index (κ2) is 14.6. The largest absolute Gasteiger partial charge is 0.493 e. The first-order valence-electron chi connectivity index (χ1n) is 14.2. The van der Waals surface area contributed by atoms with Crippen molar-refractivity contribution in [2.45, 2.75) is 60.2 Å². The summed E-state index contributed by atoms with van der Waals surface area (Å²) < 4.78 is 18.5. The molecule has 2 aromatic carbocycles. The van der Waals surface area contributed by atoms with Crippen molar-refractivity contribution in [2.24, 2.45) is 5.92 Å². The van der Waals surface area contributed by atoms with Crippen LogP contribution in [0.2, 0.25) is 0 Å². The third-order valence-electron chi connectivity index (χ3n) is 7.41. The van der Waals surface area contributed by atoms with Crippen LogP contribution in [0.3, 0.4) is 0 Å². The molecule has 0 aliphatic carbocycles. The Morgan fingerprint density at radius 3 is 2.15 bits per heavy atom. The Morgan fingerprint density at radius 1 is 0.927 bits per heavy atom. The van der Waals surface area contributed by atoms with Gasteiger partial charge in [-0.2, -0.15) is 0 Å². The predicted molar refractivity (Wildman–Crippen MR) is 162 cm³/mol. The summed E-state index contributed by atoms with van der Waals surface area (Å²) >= 11 is 0. The van der Waals surface area contributed by atoms with Gasteiger partial charge in [0.05, 0.1) is 27.9 Å². The molecule has 222 valence electrons. The maximum absolute atomic E-state index is 13.9. The molecule has 0 aliphatic heterocycles. The summed E-state index contributed by atoms with van der Waals surface area (Å²) in [6.07, 6.45) is 2.86. The third kappa shape index (κ3) is 7.84. The summed E-state index contributed by atoms with van der Waals surface area (Å²) in [5.41, 5.74) is 3.89. The summed E-state index contributed by atoms with van der Waals surface area (Å²) in [4.78, 5) is 31.2. The first kappa shape index (κ1) is 31.6. The van der Waals surface area contributed by atoms with Gasteiger partial charge in [-0.3, -0.25) is 9.59 Å². The van der Waals surface area contributed by atoms with Crippen LogP contribution in [0.4, 0.5) is 0 Å². The molecule has 0 aliphatic rings. The summed E-state index contributed by atoms with van der Waals surface area (Å²) in [6, 6.07) is 15.7. The van der Waals surface area contributed by atoms with E-state index in [0.29, 0.717) is 35.9 Å². The Balaban J connectivity index is 1.88. The van der Waals surface area contributed by atoms with E-state index in [4.69, 9.17) is 14.2 Å². The lowest BCUT2D eigenvalue weighted by Gasteiger charge is -2.32. The Morgan fingerprint density at radius 2 is 1.59 bits per heavy atom. The molecule has 8 nitrogen and oxygen atoms in total. The van der Waals surface area contributed by atoms with Gasteiger partial charge in [0.1, 0.15) is 6.54 Å². The lowest BCUT2D eigenvalue weighted by molar-refractivity contribution is -0.134. The topological polar surface area (TPSA) is 73.2 Å². The maximum atomic E-state index is 13.9. The number of amides is 2. The van der Waals surface area contributed by atoms with Crippen molar-refractivity contribution in [3.63, 3.8) is 0 Å². The van der Waals surface area contributed by atoms with Gasteiger partial charge >= 0.3 is 0 Å². The zero-order chi connectivity index (χ0) is 30.1. The summed E-state index contributed by atoms with van der Waals surface area (Å²) in [5, 5.41) is 0. The fourth-order valence-electron chi connectivity index (χ4n) is 4.90. The number of benzene rings is 2. The Bertz CT molecular complexity index is 1290. The van der Waals surface area contributed by atoms with Crippen LogP contribution in [0.15, 0.2) is 54.7 Å². The molecule has 3 rings (SSSR count). The molecule has 1 unspecified atom stereocenters. The average molecular weight is 564 g/mol. The minimum absolute atomic E-state index is 0.00138. The van der Waals surface area contributed by atoms with Gasteiger partial charge < -0.3 is 28.6 Å². The van der Waals surface area contributed by atoms with Crippen molar-refractivity contribution in [3.8, 4) is 17.2 Å². The molecule has 1 aromatic heterocycles. The Kier molecular flexibility index (Phi) is 11.3. The first-order chi connectivity index (χ1) is 19.6. The van der Waals surface area contributed by atoms with Gasteiger partial charge in [-0.25, -0.2) is 0 Å². The lowest BCUT2D eigenvalue weighted by Crippen LogP contribution is -2.47. The highest BCUT2D eigenvalue weighted by molar-refractivity contribution is 5.97. The molecular weight excluding hydrogens is 518 g/mol. The number of hydrogen-bond donors (Lipinski definition) is 0. The molecule has 0 saturated carbocycles. The van der Waals surface area contributed by atoms with Crippen LogP contribution in [0.25, 0.3) is 0 Å².